The molecule has 3 aromatic rings. The van der Waals surface area contributed by atoms with Crippen LogP contribution in [0.15, 0.2) is 83.8 Å². The number of nitrogens with one attached hydrogen (secondary N) is 2. The topological polar surface area (TPSA) is 129 Å². The first-order valence-electron chi connectivity index (χ1n) is 9.19. The van der Waals surface area contributed by atoms with E-state index >= 15 is 0 Å². The maximum atomic E-state index is 12.8. The Bertz CT molecular complexity index is 1190. The van der Waals surface area contributed by atoms with Crippen LogP contribution in [0.4, 0.5) is 0 Å². The van der Waals surface area contributed by atoms with Crippen molar-refractivity contribution in [1.82, 2.24) is 10.2 Å². The Morgan fingerprint density at radius 1 is 1.00 bits per heavy atom. The molecule has 0 fully saturated rings. The van der Waals surface area contributed by atoms with E-state index in [0.29, 0.717) is 22.6 Å². The molecule has 3 rings (SSSR count). The molecule has 1 atom stereocenters. The number of ether oxygens (including phenoxy) is 1. The third kappa shape index (κ3) is 5.90. The number of sulfonamides is 1. The van der Waals surface area contributed by atoms with Gasteiger partial charge in [-0.15, -0.1) is 0 Å². The monoisotopic (exact) mass is 437 g/mol. The molecule has 158 valence electrons. The number of nitriles is 1. The van der Waals surface area contributed by atoms with Crippen LogP contribution in [0.25, 0.3) is 0 Å². The second kappa shape index (κ2) is 9.86. The maximum absolute atomic E-state index is 12.8. The Morgan fingerprint density at radius 2 is 1.68 bits per heavy atom. The summed E-state index contributed by atoms with van der Waals surface area (Å²) in [5.74, 6) is 0.133. The zero-order chi connectivity index (χ0) is 22.3. The highest BCUT2D eigenvalue weighted by Gasteiger charge is 2.26. The van der Waals surface area contributed by atoms with E-state index in [1.54, 1.807) is 36.4 Å². The van der Waals surface area contributed by atoms with Gasteiger partial charge in [0.2, 0.25) is 10.0 Å². The molecule has 0 radical (unpaired) electrons. The summed E-state index contributed by atoms with van der Waals surface area (Å²) < 4.78 is 33.5. The van der Waals surface area contributed by atoms with Crippen LogP contribution in [0.2, 0.25) is 0 Å². The molecule has 0 aliphatic heterocycles. The fourth-order valence-electron chi connectivity index (χ4n) is 2.84. The van der Waals surface area contributed by atoms with Crippen molar-refractivity contribution >= 4 is 15.9 Å². The van der Waals surface area contributed by atoms with E-state index < -0.39 is 22.0 Å². The van der Waals surface area contributed by atoms with E-state index in [1.165, 1.54) is 29.7 Å². The fraction of sp³-hybridized carbons (Fsp3) is 0.0909. The average Bonchev–Trinajstić information content (AvgIpc) is 2.79. The molecule has 0 heterocycles. The summed E-state index contributed by atoms with van der Waals surface area (Å²) in [5.41, 5.74) is 2.40. The van der Waals surface area contributed by atoms with Crippen LogP contribution in [-0.4, -0.2) is 25.6 Å². The molecule has 0 aromatic heterocycles. The molecule has 8 nitrogen and oxygen atoms in total. The Balaban J connectivity index is 1.76. The lowest BCUT2D eigenvalue weighted by Gasteiger charge is -2.17. The first kappa shape index (κ1) is 22.0. The minimum atomic E-state index is -4.08. The number of nitrogens with zero attached hydrogens (tertiary/aromatic N) is 1. The highest BCUT2D eigenvalue weighted by atomic mass is 32.2. The Kier molecular flexibility index (Phi) is 6.99. The Hall–Kier alpha value is -3.71. The van der Waals surface area contributed by atoms with Crippen molar-refractivity contribution in [2.45, 2.75) is 17.4 Å². The summed E-state index contributed by atoms with van der Waals surface area (Å²) in [6.45, 7) is 0. The lowest BCUT2D eigenvalue weighted by molar-refractivity contribution is -0.130. The van der Waals surface area contributed by atoms with E-state index in [0.717, 1.165) is 0 Å². The van der Waals surface area contributed by atoms with Gasteiger partial charge < -0.3 is 4.74 Å². The minimum Gasteiger partial charge on any atom is -0.457 e. The fourth-order valence-corrected chi connectivity index (χ4v) is 4.03. The van der Waals surface area contributed by atoms with Gasteiger partial charge in [0.05, 0.1) is 16.5 Å². The van der Waals surface area contributed by atoms with Gasteiger partial charge in [0.25, 0.3) is 5.91 Å². The Labute approximate surface area is 179 Å². The number of hydrogen-bond donors (Lipinski definition) is 3. The van der Waals surface area contributed by atoms with Crippen molar-refractivity contribution in [2.24, 2.45) is 0 Å². The van der Waals surface area contributed by atoms with Crippen molar-refractivity contribution in [2.75, 3.05) is 0 Å². The number of hydroxylamine groups is 1. The van der Waals surface area contributed by atoms with Crippen LogP contribution in [-0.2, 0) is 21.2 Å². The van der Waals surface area contributed by atoms with Crippen molar-refractivity contribution in [3.63, 3.8) is 0 Å². The SMILES string of the molecule is N#Cc1cccc(C[C@@H](NS(=O)(=O)c2ccc(Oc3ccccc3)cc2)C(=O)NO)c1. The summed E-state index contributed by atoms with van der Waals surface area (Å²) in [6.07, 6.45) is -0.0592. The molecule has 0 spiro atoms. The number of carbonyl (C=O) groups is 1. The standard InChI is InChI=1S/C22H19N3O5S/c23-15-17-6-4-5-16(13-17)14-21(22(26)24-27)25-31(28,29)20-11-9-19(10-12-20)30-18-7-2-1-3-8-18/h1-13,21,25,27H,14H2,(H,24,26)/t21-/m1/s1. The maximum Gasteiger partial charge on any atom is 0.261 e. The highest BCUT2D eigenvalue weighted by Crippen LogP contribution is 2.22. The number of para-hydroxylation sites is 1. The molecule has 0 aliphatic rings. The molecular weight excluding hydrogens is 418 g/mol. The predicted molar refractivity (Wildman–Crippen MR) is 112 cm³/mol. The minimum absolute atomic E-state index is 0.0592. The summed E-state index contributed by atoms with van der Waals surface area (Å²) in [5, 5.41) is 18.0. The van der Waals surface area contributed by atoms with Crippen molar-refractivity contribution in [1.29, 1.82) is 5.26 Å². The van der Waals surface area contributed by atoms with Gasteiger partial charge in [-0.25, -0.2) is 13.9 Å². The molecule has 31 heavy (non-hydrogen) atoms. The van der Waals surface area contributed by atoms with E-state index in [1.807, 2.05) is 24.3 Å². The van der Waals surface area contributed by atoms with Crippen LogP contribution in [0.3, 0.4) is 0 Å². The smallest absolute Gasteiger partial charge is 0.261 e. The van der Waals surface area contributed by atoms with Crippen LogP contribution < -0.4 is 14.9 Å². The van der Waals surface area contributed by atoms with Crippen LogP contribution in [0.1, 0.15) is 11.1 Å². The predicted octanol–water partition coefficient (Wildman–Crippen LogP) is 2.75. The molecule has 0 saturated heterocycles. The first-order chi connectivity index (χ1) is 14.9. The molecule has 0 saturated carbocycles. The number of rotatable bonds is 8. The second-order valence-electron chi connectivity index (χ2n) is 6.55. The summed E-state index contributed by atoms with van der Waals surface area (Å²) in [6, 6.07) is 21.8. The zero-order valence-corrected chi connectivity index (χ0v) is 17.0. The summed E-state index contributed by atoms with van der Waals surface area (Å²) in [4.78, 5) is 12.0. The average molecular weight is 437 g/mol. The van der Waals surface area contributed by atoms with Gasteiger partial charge in [-0.05, 0) is 60.5 Å². The largest absolute Gasteiger partial charge is 0.457 e. The molecule has 0 aliphatic carbocycles. The number of hydrogen-bond acceptors (Lipinski definition) is 6. The van der Waals surface area contributed by atoms with E-state index in [-0.39, 0.29) is 11.3 Å². The number of amides is 1. The number of carbonyl (C=O) groups excluding carboxylic acids is 1. The van der Waals surface area contributed by atoms with Gasteiger partial charge >= 0.3 is 0 Å². The third-order valence-electron chi connectivity index (χ3n) is 4.33. The Morgan fingerprint density at radius 3 is 2.32 bits per heavy atom. The van der Waals surface area contributed by atoms with Crippen LogP contribution in [0, 0.1) is 11.3 Å². The van der Waals surface area contributed by atoms with Gasteiger partial charge in [0, 0.05) is 0 Å². The molecule has 3 N–H and O–H groups in total. The first-order valence-corrected chi connectivity index (χ1v) is 10.7. The summed E-state index contributed by atoms with van der Waals surface area (Å²) in [7, 11) is -4.08. The molecule has 3 aromatic carbocycles. The van der Waals surface area contributed by atoms with Crippen molar-refractivity contribution in [3.05, 3.63) is 90.0 Å². The van der Waals surface area contributed by atoms with Crippen LogP contribution >= 0.6 is 0 Å². The molecule has 1 amide bonds. The lowest BCUT2D eigenvalue weighted by atomic mass is 10.0. The van der Waals surface area contributed by atoms with Gasteiger partial charge in [0.15, 0.2) is 0 Å². The zero-order valence-electron chi connectivity index (χ0n) is 16.2. The van der Waals surface area contributed by atoms with Crippen molar-refractivity contribution in [3.8, 4) is 17.6 Å². The van der Waals surface area contributed by atoms with Gasteiger partial charge in [-0.1, -0.05) is 30.3 Å². The van der Waals surface area contributed by atoms with Gasteiger partial charge in [-0.3, -0.25) is 10.0 Å². The molecular formula is C22H19N3O5S. The normalized spacial score (nSPS) is 11.9. The molecule has 9 heteroatoms. The van der Waals surface area contributed by atoms with E-state index in [4.69, 9.17) is 15.2 Å². The number of benzene rings is 3. The van der Waals surface area contributed by atoms with E-state index in [9.17, 15) is 13.2 Å². The molecule has 0 unspecified atom stereocenters. The second-order valence-corrected chi connectivity index (χ2v) is 8.27. The van der Waals surface area contributed by atoms with Gasteiger partial charge in [-0.2, -0.15) is 9.98 Å². The highest BCUT2D eigenvalue weighted by molar-refractivity contribution is 7.89. The summed E-state index contributed by atoms with van der Waals surface area (Å²) >= 11 is 0. The third-order valence-corrected chi connectivity index (χ3v) is 5.82. The van der Waals surface area contributed by atoms with Gasteiger partial charge in [0.1, 0.15) is 17.5 Å². The van der Waals surface area contributed by atoms with Crippen molar-refractivity contribution < 1.29 is 23.2 Å². The lowest BCUT2D eigenvalue weighted by Crippen LogP contribution is -2.47. The molecule has 0 bridgehead atoms. The van der Waals surface area contributed by atoms with E-state index in [2.05, 4.69) is 4.72 Å². The quantitative estimate of drug-likeness (QED) is 0.367. The van der Waals surface area contributed by atoms with Crippen LogP contribution in [0.5, 0.6) is 11.5 Å².